The van der Waals surface area contributed by atoms with Gasteiger partial charge in [0, 0.05) is 11.4 Å². The quantitative estimate of drug-likeness (QED) is 0.810. The topological polar surface area (TPSA) is 24.4 Å². The molecule has 1 N–H and O–H groups in total. The van der Waals surface area contributed by atoms with E-state index in [1.54, 1.807) is 24.8 Å². The maximum Gasteiger partial charge on any atom is 0.161 e. The van der Waals surface area contributed by atoms with Crippen LogP contribution < -0.4 is 5.32 Å². The van der Waals surface area contributed by atoms with Gasteiger partial charge in [-0.15, -0.1) is 0 Å². The van der Waals surface area contributed by atoms with Crippen LogP contribution >= 0.6 is 11.8 Å². The van der Waals surface area contributed by atoms with Gasteiger partial charge in [0.1, 0.15) is 5.82 Å². The Morgan fingerprint density at radius 1 is 1.44 bits per heavy atom. The summed E-state index contributed by atoms with van der Waals surface area (Å²) >= 11 is 1.67. The second kappa shape index (κ2) is 4.09. The fraction of sp³-hybridized carbons (Fsp3) is 0.417. The van der Waals surface area contributed by atoms with Crippen LogP contribution in [0.4, 0.5) is 10.1 Å². The summed E-state index contributed by atoms with van der Waals surface area (Å²) in [5, 5.41) is 4.01. The average Bonchev–Trinajstić information content (AvgIpc) is 2.52. The van der Waals surface area contributed by atoms with Crippen molar-refractivity contribution in [2.45, 2.75) is 26.3 Å². The zero-order valence-corrected chi connectivity index (χ0v) is 10.5. The first-order valence-corrected chi connectivity index (χ1v) is 6.21. The molecule has 0 atom stereocenters. The largest absolute Gasteiger partial charge is 0.335 e. The number of nitrogens with one attached hydrogen (secondary N) is 1. The Morgan fingerprint density at radius 2 is 2.19 bits per heavy atom. The molecule has 1 heterocycles. The van der Waals surface area contributed by atoms with Gasteiger partial charge < -0.3 is 5.32 Å². The molecule has 0 saturated heterocycles. The van der Waals surface area contributed by atoms with Crippen molar-refractivity contribution < 1.29 is 4.39 Å². The summed E-state index contributed by atoms with van der Waals surface area (Å²) in [5.41, 5.74) is 1.40. The molecule has 1 aliphatic rings. The summed E-state index contributed by atoms with van der Waals surface area (Å²) in [7, 11) is 0. The zero-order valence-electron chi connectivity index (χ0n) is 9.67. The van der Waals surface area contributed by atoms with Crippen molar-refractivity contribution in [3.8, 4) is 0 Å². The molecular formula is C12H15FN2S. The van der Waals surface area contributed by atoms with Crippen LogP contribution in [0.3, 0.4) is 0 Å². The molecule has 0 radical (unpaired) electrons. The minimum Gasteiger partial charge on any atom is -0.335 e. The van der Waals surface area contributed by atoms with Crippen LogP contribution in [0.5, 0.6) is 0 Å². The van der Waals surface area contributed by atoms with Gasteiger partial charge in [-0.2, -0.15) is 0 Å². The Hall–Kier alpha value is -1.03. The average molecular weight is 238 g/mol. The van der Waals surface area contributed by atoms with Gasteiger partial charge in [0.15, 0.2) is 5.17 Å². The number of aliphatic imine (C=N–C) groups is 1. The highest BCUT2D eigenvalue weighted by Gasteiger charge is 2.25. The molecule has 1 aromatic carbocycles. The first kappa shape index (κ1) is 11.5. The SMILES string of the molecule is Cc1ccc(NC2=NC(C)(C)CS2)cc1F. The van der Waals surface area contributed by atoms with Gasteiger partial charge in [0.05, 0.1) is 5.54 Å². The number of amidine groups is 1. The smallest absolute Gasteiger partial charge is 0.161 e. The van der Waals surface area contributed by atoms with Crippen molar-refractivity contribution >= 4 is 22.6 Å². The van der Waals surface area contributed by atoms with E-state index in [0.717, 1.165) is 16.6 Å². The highest BCUT2D eigenvalue weighted by atomic mass is 32.2. The predicted octanol–water partition coefficient (Wildman–Crippen LogP) is 3.43. The molecule has 0 fully saturated rings. The molecule has 0 aliphatic carbocycles. The molecule has 0 amide bonds. The number of nitrogens with zero attached hydrogens (tertiary/aromatic N) is 1. The minimum absolute atomic E-state index is 0.0176. The van der Waals surface area contributed by atoms with Crippen LogP contribution in [0.25, 0.3) is 0 Å². The third kappa shape index (κ3) is 2.55. The van der Waals surface area contributed by atoms with Crippen molar-refractivity contribution in [3.05, 3.63) is 29.6 Å². The van der Waals surface area contributed by atoms with Crippen molar-refractivity contribution in [2.75, 3.05) is 11.1 Å². The van der Waals surface area contributed by atoms with Crippen LogP contribution in [0.15, 0.2) is 23.2 Å². The lowest BCUT2D eigenvalue weighted by Crippen LogP contribution is -2.15. The molecular weight excluding hydrogens is 223 g/mol. The van der Waals surface area contributed by atoms with E-state index < -0.39 is 0 Å². The summed E-state index contributed by atoms with van der Waals surface area (Å²) in [4.78, 5) is 4.51. The maximum atomic E-state index is 13.3. The molecule has 4 heteroatoms. The summed E-state index contributed by atoms with van der Waals surface area (Å²) < 4.78 is 13.3. The Morgan fingerprint density at radius 3 is 2.75 bits per heavy atom. The number of benzene rings is 1. The number of aryl methyl sites for hydroxylation is 1. The van der Waals surface area contributed by atoms with Gasteiger partial charge in [-0.05, 0) is 38.5 Å². The zero-order chi connectivity index (χ0) is 11.8. The van der Waals surface area contributed by atoms with Crippen molar-refractivity contribution in [1.29, 1.82) is 0 Å². The summed E-state index contributed by atoms with van der Waals surface area (Å²) in [5.74, 6) is 0.775. The fourth-order valence-corrected chi connectivity index (χ4v) is 2.50. The molecule has 2 rings (SSSR count). The highest BCUT2D eigenvalue weighted by Crippen LogP contribution is 2.27. The van der Waals surface area contributed by atoms with E-state index in [9.17, 15) is 4.39 Å². The summed E-state index contributed by atoms with van der Waals surface area (Å²) in [6, 6.07) is 5.14. The number of halogens is 1. The van der Waals surface area contributed by atoms with Crippen LogP contribution in [0.1, 0.15) is 19.4 Å². The first-order valence-electron chi connectivity index (χ1n) is 5.22. The second-order valence-electron chi connectivity index (χ2n) is 4.61. The Bertz CT molecular complexity index is 441. The molecule has 0 unspecified atom stereocenters. The lowest BCUT2D eigenvalue weighted by molar-refractivity contribution is 0.605. The van der Waals surface area contributed by atoms with Crippen molar-refractivity contribution in [2.24, 2.45) is 4.99 Å². The van der Waals surface area contributed by atoms with Gasteiger partial charge in [0.25, 0.3) is 0 Å². The molecule has 0 spiro atoms. The van der Waals surface area contributed by atoms with Crippen LogP contribution in [0.2, 0.25) is 0 Å². The molecule has 0 aromatic heterocycles. The summed E-state index contributed by atoms with van der Waals surface area (Å²) in [6.07, 6.45) is 0. The van der Waals surface area contributed by atoms with E-state index in [0.29, 0.717) is 5.56 Å². The van der Waals surface area contributed by atoms with E-state index in [1.807, 2.05) is 6.07 Å². The Labute approximate surface area is 99.3 Å². The van der Waals surface area contributed by atoms with Gasteiger partial charge in [-0.25, -0.2) is 4.39 Å². The van der Waals surface area contributed by atoms with Crippen LogP contribution in [-0.4, -0.2) is 16.5 Å². The third-order valence-corrected chi connectivity index (χ3v) is 3.71. The molecule has 1 aromatic rings. The number of thioether (sulfide) groups is 1. The van der Waals surface area contributed by atoms with E-state index in [2.05, 4.69) is 24.2 Å². The fourth-order valence-electron chi connectivity index (χ4n) is 1.44. The van der Waals surface area contributed by atoms with Crippen LogP contribution in [0, 0.1) is 12.7 Å². The first-order chi connectivity index (χ1) is 7.46. The standard InChI is InChI=1S/C12H15FN2S/c1-8-4-5-9(6-10(8)13)14-11-15-12(2,3)7-16-11/h4-6H,7H2,1-3H3,(H,14,15). The van der Waals surface area contributed by atoms with E-state index in [4.69, 9.17) is 0 Å². The van der Waals surface area contributed by atoms with Gasteiger partial charge >= 0.3 is 0 Å². The number of hydrogen-bond acceptors (Lipinski definition) is 3. The van der Waals surface area contributed by atoms with E-state index in [-0.39, 0.29) is 11.4 Å². The third-order valence-electron chi connectivity index (χ3n) is 2.39. The van der Waals surface area contributed by atoms with E-state index >= 15 is 0 Å². The Balaban J connectivity index is 2.13. The molecule has 0 saturated carbocycles. The molecule has 2 nitrogen and oxygen atoms in total. The van der Waals surface area contributed by atoms with Gasteiger partial charge in [-0.3, -0.25) is 4.99 Å². The van der Waals surface area contributed by atoms with Gasteiger partial charge in [-0.1, -0.05) is 17.8 Å². The maximum absolute atomic E-state index is 13.3. The Kier molecular flexibility index (Phi) is 2.93. The van der Waals surface area contributed by atoms with E-state index in [1.165, 1.54) is 6.07 Å². The number of anilines is 1. The second-order valence-corrected chi connectivity index (χ2v) is 5.57. The predicted molar refractivity (Wildman–Crippen MR) is 68.7 cm³/mol. The van der Waals surface area contributed by atoms with Crippen LogP contribution in [-0.2, 0) is 0 Å². The minimum atomic E-state index is -0.187. The number of hydrogen-bond donors (Lipinski definition) is 1. The van der Waals surface area contributed by atoms with Gasteiger partial charge in [0.2, 0.25) is 0 Å². The lowest BCUT2D eigenvalue weighted by atomic mass is 10.1. The lowest BCUT2D eigenvalue weighted by Gasteiger charge is -2.09. The number of rotatable bonds is 1. The normalized spacial score (nSPS) is 18.4. The molecule has 0 bridgehead atoms. The molecule has 1 aliphatic heterocycles. The molecule has 16 heavy (non-hydrogen) atoms. The highest BCUT2D eigenvalue weighted by molar-refractivity contribution is 8.14. The monoisotopic (exact) mass is 238 g/mol. The van der Waals surface area contributed by atoms with Crippen molar-refractivity contribution in [3.63, 3.8) is 0 Å². The van der Waals surface area contributed by atoms with Crippen molar-refractivity contribution in [1.82, 2.24) is 0 Å². The summed E-state index contributed by atoms with van der Waals surface area (Å²) in [6.45, 7) is 5.93. The molecule has 86 valence electrons.